The minimum Gasteiger partial charge on any atom is -0.486 e. The van der Waals surface area contributed by atoms with Gasteiger partial charge in [0.2, 0.25) is 5.75 Å². The van der Waals surface area contributed by atoms with Crippen LogP contribution >= 0.6 is 11.3 Å². The maximum Gasteiger partial charge on any atom is 0.255 e. The Balaban J connectivity index is 1.27. The molecule has 0 radical (unpaired) electrons. The van der Waals surface area contributed by atoms with E-state index in [1.165, 1.54) is 16.9 Å². The number of likely N-dealkylation sites (tertiary alicyclic amines) is 1. The molecule has 0 unspecified atom stereocenters. The summed E-state index contributed by atoms with van der Waals surface area (Å²) in [4.78, 5) is 16.2. The first kappa shape index (κ1) is 18.8. The van der Waals surface area contributed by atoms with Crippen molar-refractivity contribution in [3.8, 4) is 17.2 Å². The van der Waals surface area contributed by atoms with E-state index >= 15 is 0 Å². The largest absolute Gasteiger partial charge is 0.486 e. The van der Waals surface area contributed by atoms with E-state index in [4.69, 9.17) is 14.2 Å². The lowest BCUT2D eigenvalue weighted by molar-refractivity contribution is -0.0214. The number of aliphatic hydroxyl groups is 1. The predicted octanol–water partition coefficient (Wildman–Crippen LogP) is 3.05. The number of rotatable bonds is 3. The Kier molecular flexibility index (Phi) is 5.09. The highest BCUT2D eigenvalue weighted by molar-refractivity contribution is 7.10. The third-order valence-electron chi connectivity index (χ3n) is 5.91. The van der Waals surface area contributed by atoms with Crippen LogP contribution in [0.4, 0.5) is 0 Å². The Morgan fingerprint density at radius 3 is 2.97 bits per heavy atom. The monoisotopic (exact) mass is 415 g/mol. The van der Waals surface area contributed by atoms with E-state index in [1.54, 1.807) is 16.2 Å². The van der Waals surface area contributed by atoms with Crippen LogP contribution in [-0.2, 0) is 12.8 Å². The van der Waals surface area contributed by atoms with Crippen LogP contribution in [0.1, 0.15) is 40.1 Å². The van der Waals surface area contributed by atoms with Crippen molar-refractivity contribution >= 4 is 17.2 Å². The molecule has 2 aromatic rings. The second-order valence-electron chi connectivity index (χ2n) is 7.80. The van der Waals surface area contributed by atoms with E-state index in [9.17, 15) is 9.90 Å². The number of hydrogen-bond acceptors (Lipinski definition) is 6. The van der Waals surface area contributed by atoms with E-state index < -0.39 is 6.10 Å². The average molecular weight is 416 g/mol. The third-order valence-corrected chi connectivity index (χ3v) is 7.00. The first-order valence-electron chi connectivity index (χ1n) is 10.3. The van der Waals surface area contributed by atoms with Gasteiger partial charge >= 0.3 is 0 Å². The van der Waals surface area contributed by atoms with Gasteiger partial charge in [0.25, 0.3) is 5.91 Å². The molecular formula is C22H25NO5S. The molecule has 1 saturated heterocycles. The van der Waals surface area contributed by atoms with Gasteiger partial charge in [0.05, 0.1) is 12.1 Å². The number of aryl methyl sites for hydroxylation is 1. The molecule has 154 valence electrons. The van der Waals surface area contributed by atoms with Crippen molar-refractivity contribution in [2.45, 2.75) is 44.3 Å². The van der Waals surface area contributed by atoms with E-state index in [1.807, 2.05) is 23.6 Å². The maximum atomic E-state index is 13.1. The smallest absolute Gasteiger partial charge is 0.255 e. The second kappa shape index (κ2) is 7.88. The summed E-state index contributed by atoms with van der Waals surface area (Å²) in [5.74, 6) is 1.88. The number of benzene rings is 1. The van der Waals surface area contributed by atoms with Gasteiger partial charge in [-0.15, -0.1) is 11.3 Å². The minimum atomic E-state index is -0.748. The Morgan fingerprint density at radius 1 is 1.21 bits per heavy atom. The zero-order chi connectivity index (χ0) is 19.8. The van der Waals surface area contributed by atoms with Crippen LogP contribution in [0.3, 0.4) is 0 Å². The molecule has 0 saturated carbocycles. The number of hydrogen-bond donors (Lipinski definition) is 1. The van der Waals surface area contributed by atoms with Gasteiger partial charge in [0.1, 0.15) is 25.4 Å². The number of carbonyl (C=O) groups excluding carboxylic acids is 1. The van der Waals surface area contributed by atoms with Gasteiger partial charge in [0, 0.05) is 23.2 Å². The molecule has 29 heavy (non-hydrogen) atoms. The van der Waals surface area contributed by atoms with Crippen molar-refractivity contribution in [3.05, 3.63) is 39.6 Å². The van der Waals surface area contributed by atoms with Gasteiger partial charge in [-0.2, -0.15) is 0 Å². The van der Waals surface area contributed by atoms with Crippen LogP contribution in [0.2, 0.25) is 0 Å². The molecule has 0 spiro atoms. The molecule has 1 N–H and O–H groups in total. The zero-order valence-corrected chi connectivity index (χ0v) is 17.1. The van der Waals surface area contributed by atoms with Crippen molar-refractivity contribution in [3.63, 3.8) is 0 Å². The molecule has 1 aromatic carbocycles. The molecule has 2 aliphatic heterocycles. The molecule has 2 atom stereocenters. The number of ether oxygens (including phenoxy) is 3. The van der Waals surface area contributed by atoms with Crippen LogP contribution in [0, 0.1) is 0 Å². The lowest BCUT2D eigenvalue weighted by Crippen LogP contribution is -2.51. The summed E-state index contributed by atoms with van der Waals surface area (Å²) in [5.41, 5.74) is 2.06. The van der Waals surface area contributed by atoms with E-state index in [2.05, 4.69) is 0 Å². The molecular weight excluding hydrogens is 390 g/mol. The van der Waals surface area contributed by atoms with Crippen molar-refractivity contribution in [2.75, 3.05) is 26.3 Å². The van der Waals surface area contributed by atoms with Crippen LogP contribution in [0.15, 0.2) is 23.6 Å². The van der Waals surface area contributed by atoms with Gasteiger partial charge in [-0.25, -0.2) is 0 Å². The fourth-order valence-corrected chi connectivity index (χ4v) is 5.50. The molecule has 1 amide bonds. The number of amides is 1. The van der Waals surface area contributed by atoms with Crippen LogP contribution in [-0.4, -0.2) is 54.4 Å². The SMILES string of the molecule is O=C(c1csc2c1CCCC2)N1CC[C@@H](Oc2cccc3c2OCCO3)[C@H](O)C1. The second-order valence-corrected chi connectivity index (χ2v) is 8.77. The lowest BCUT2D eigenvalue weighted by atomic mass is 9.95. The first-order chi connectivity index (χ1) is 14.2. The minimum absolute atomic E-state index is 0.0377. The highest BCUT2D eigenvalue weighted by Crippen LogP contribution is 2.40. The summed E-state index contributed by atoms with van der Waals surface area (Å²) in [5, 5.41) is 12.7. The molecule has 7 heteroatoms. The average Bonchev–Trinajstić information content (AvgIpc) is 3.19. The number of para-hydroxylation sites is 1. The number of thiophene rings is 1. The number of fused-ring (bicyclic) bond motifs is 2. The predicted molar refractivity (Wildman–Crippen MR) is 109 cm³/mol. The van der Waals surface area contributed by atoms with Gasteiger partial charge in [0.15, 0.2) is 11.5 Å². The van der Waals surface area contributed by atoms with Gasteiger partial charge in [-0.05, 0) is 43.4 Å². The molecule has 6 nitrogen and oxygen atoms in total. The topological polar surface area (TPSA) is 68.2 Å². The highest BCUT2D eigenvalue weighted by atomic mass is 32.1. The normalized spacial score (nSPS) is 23.4. The number of nitrogens with zero attached hydrogens (tertiary/aromatic N) is 1. The first-order valence-corrected chi connectivity index (χ1v) is 11.2. The van der Waals surface area contributed by atoms with Gasteiger partial charge < -0.3 is 24.2 Å². The third kappa shape index (κ3) is 3.57. The molecule has 3 aliphatic rings. The summed E-state index contributed by atoms with van der Waals surface area (Å²) in [7, 11) is 0. The van der Waals surface area contributed by atoms with Crippen LogP contribution in [0.25, 0.3) is 0 Å². The van der Waals surface area contributed by atoms with E-state index in [0.29, 0.717) is 43.4 Å². The van der Waals surface area contributed by atoms with Crippen molar-refractivity contribution in [2.24, 2.45) is 0 Å². The quantitative estimate of drug-likeness (QED) is 0.835. The van der Waals surface area contributed by atoms with Crippen LogP contribution in [0.5, 0.6) is 17.2 Å². The Morgan fingerprint density at radius 2 is 2.07 bits per heavy atom. The molecule has 3 heterocycles. The summed E-state index contributed by atoms with van der Waals surface area (Å²) < 4.78 is 17.4. The summed E-state index contributed by atoms with van der Waals surface area (Å²) in [6, 6.07) is 5.53. The summed E-state index contributed by atoms with van der Waals surface area (Å²) in [6.07, 6.45) is 3.87. The van der Waals surface area contributed by atoms with Gasteiger partial charge in [-0.1, -0.05) is 6.07 Å². The van der Waals surface area contributed by atoms with E-state index in [-0.39, 0.29) is 18.6 Å². The molecule has 1 aromatic heterocycles. The van der Waals surface area contributed by atoms with Crippen molar-refractivity contribution < 1.29 is 24.1 Å². The molecule has 1 aliphatic carbocycles. The molecule has 5 rings (SSSR count). The zero-order valence-electron chi connectivity index (χ0n) is 16.3. The van der Waals surface area contributed by atoms with Gasteiger partial charge in [-0.3, -0.25) is 4.79 Å². The Labute approximate surface area is 174 Å². The number of carbonyl (C=O) groups is 1. The molecule has 0 bridgehead atoms. The van der Waals surface area contributed by atoms with Crippen LogP contribution < -0.4 is 14.2 Å². The highest BCUT2D eigenvalue weighted by Gasteiger charge is 2.34. The van der Waals surface area contributed by atoms with E-state index in [0.717, 1.165) is 24.8 Å². The number of aliphatic hydroxyl groups excluding tert-OH is 1. The lowest BCUT2D eigenvalue weighted by Gasteiger charge is -2.36. The molecule has 1 fully saturated rings. The Bertz CT molecular complexity index is 911. The maximum absolute atomic E-state index is 13.1. The number of piperidine rings is 1. The van der Waals surface area contributed by atoms with Crippen molar-refractivity contribution in [1.82, 2.24) is 4.90 Å². The number of β-amino-alcohol motifs (C(OH)–C–C–N with tert-alkyl or cyclic N) is 1. The Hall–Kier alpha value is -2.25. The summed E-state index contributed by atoms with van der Waals surface area (Å²) >= 11 is 1.70. The fraction of sp³-hybridized carbons (Fsp3) is 0.500. The standard InChI is InChI=1S/C22H25NO5S/c24-16-12-23(22(25)15-13-29-20-7-2-1-4-14(15)20)9-8-17(16)28-19-6-3-5-18-21(19)27-11-10-26-18/h3,5-6,13,16-17,24H,1-2,4,7-12H2/t16-,17-/m1/s1. The van der Waals surface area contributed by atoms with Crippen molar-refractivity contribution in [1.29, 1.82) is 0 Å². The summed E-state index contributed by atoms with van der Waals surface area (Å²) in [6.45, 7) is 1.85. The fourth-order valence-electron chi connectivity index (χ4n) is 4.38.